The van der Waals surface area contributed by atoms with Crippen molar-refractivity contribution in [3.63, 3.8) is 0 Å². The van der Waals surface area contributed by atoms with Gasteiger partial charge >= 0.3 is 11.8 Å². The highest BCUT2D eigenvalue weighted by molar-refractivity contribution is 7.80. The zero-order chi connectivity index (χ0) is 11.8. The van der Waals surface area contributed by atoms with Crippen molar-refractivity contribution < 1.29 is 9.59 Å². The van der Waals surface area contributed by atoms with Gasteiger partial charge in [0.1, 0.15) is 0 Å². The summed E-state index contributed by atoms with van der Waals surface area (Å²) in [5, 5.41) is 0.333. The van der Waals surface area contributed by atoms with E-state index in [4.69, 9.17) is 12.2 Å². The fraction of sp³-hybridized carbons (Fsp3) is 0.700. The molecule has 84 valence electrons. The highest BCUT2D eigenvalue weighted by Crippen LogP contribution is 2.22. The van der Waals surface area contributed by atoms with Crippen LogP contribution in [0.15, 0.2) is 0 Å². The lowest BCUT2D eigenvalue weighted by Crippen LogP contribution is -2.46. The molecule has 1 aliphatic rings. The Morgan fingerprint density at radius 1 is 1.20 bits per heavy atom. The van der Waals surface area contributed by atoms with Crippen molar-refractivity contribution in [2.24, 2.45) is 0 Å². The Morgan fingerprint density at radius 2 is 1.73 bits per heavy atom. The summed E-state index contributed by atoms with van der Waals surface area (Å²) in [6.45, 7) is 8.04. The number of carbonyl (C=O) groups is 2. The van der Waals surface area contributed by atoms with Crippen molar-refractivity contribution in [3.05, 3.63) is 0 Å². The van der Waals surface area contributed by atoms with Gasteiger partial charge in [-0.2, -0.15) is 0 Å². The molecule has 1 rings (SSSR count). The molecule has 0 unspecified atom stereocenters. The standard InChI is InChI=1S/C10H16N2O2S/c1-5-6-11-7(13)8(14)12(9(11)15)10(2,3)4/h5-6H2,1-4H3. The summed E-state index contributed by atoms with van der Waals surface area (Å²) in [6.07, 6.45) is 0.789. The Labute approximate surface area is 95.2 Å². The lowest BCUT2D eigenvalue weighted by Gasteiger charge is -2.30. The van der Waals surface area contributed by atoms with Crippen molar-refractivity contribution in [1.29, 1.82) is 0 Å². The van der Waals surface area contributed by atoms with Crippen LogP contribution in [0.4, 0.5) is 0 Å². The molecule has 15 heavy (non-hydrogen) atoms. The van der Waals surface area contributed by atoms with E-state index in [0.717, 1.165) is 6.42 Å². The maximum atomic E-state index is 11.7. The topological polar surface area (TPSA) is 40.6 Å². The molecule has 0 bridgehead atoms. The first kappa shape index (κ1) is 12.1. The Hall–Kier alpha value is -0.970. The van der Waals surface area contributed by atoms with Crippen LogP contribution in [0.2, 0.25) is 0 Å². The first-order chi connectivity index (χ1) is 6.80. The second-order valence-corrected chi connectivity index (χ2v) is 4.92. The van der Waals surface area contributed by atoms with E-state index in [1.165, 1.54) is 9.80 Å². The molecule has 5 heteroatoms. The number of amides is 2. The van der Waals surface area contributed by atoms with Gasteiger partial charge in [0.25, 0.3) is 0 Å². The molecule has 1 aliphatic heterocycles. The molecule has 0 saturated carbocycles. The Bertz CT molecular complexity index is 320. The summed E-state index contributed by atoms with van der Waals surface area (Å²) < 4.78 is 0. The van der Waals surface area contributed by atoms with E-state index >= 15 is 0 Å². The number of thiocarbonyl (C=S) groups is 1. The second kappa shape index (κ2) is 3.89. The fourth-order valence-corrected chi connectivity index (χ4v) is 2.05. The van der Waals surface area contributed by atoms with Crippen LogP contribution in [0, 0.1) is 0 Å². The van der Waals surface area contributed by atoms with Gasteiger partial charge in [-0.15, -0.1) is 0 Å². The Kier molecular flexibility index (Phi) is 3.13. The number of nitrogens with zero attached hydrogens (tertiary/aromatic N) is 2. The van der Waals surface area contributed by atoms with Crippen LogP contribution in [-0.2, 0) is 9.59 Å². The van der Waals surface area contributed by atoms with Gasteiger partial charge in [-0.3, -0.25) is 19.4 Å². The van der Waals surface area contributed by atoms with Crippen molar-refractivity contribution in [2.45, 2.75) is 39.7 Å². The average Bonchev–Trinajstić information content (AvgIpc) is 2.29. The summed E-state index contributed by atoms with van der Waals surface area (Å²) in [6, 6.07) is 0. The summed E-state index contributed by atoms with van der Waals surface area (Å²) in [5.41, 5.74) is -0.438. The minimum Gasteiger partial charge on any atom is -0.280 e. The Morgan fingerprint density at radius 3 is 2.07 bits per heavy atom. The lowest BCUT2D eigenvalue weighted by atomic mass is 10.1. The second-order valence-electron chi connectivity index (χ2n) is 4.55. The molecule has 0 aromatic rings. The van der Waals surface area contributed by atoms with E-state index < -0.39 is 17.4 Å². The summed E-state index contributed by atoms with van der Waals surface area (Å²) in [4.78, 5) is 26.1. The first-order valence-electron chi connectivity index (χ1n) is 5.00. The number of carbonyl (C=O) groups excluding carboxylic acids is 2. The van der Waals surface area contributed by atoms with Crippen LogP contribution in [0.1, 0.15) is 34.1 Å². The molecule has 0 spiro atoms. The van der Waals surface area contributed by atoms with Crippen molar-refractivity contribution >= 4 is 29.1 Å². The third-order valence-corrected chi connectivity index (χ3v) is 2.57. The van der Waals surface area contributed by atoms with Crippen LogP contribution in [0.25, 0.3) is 0 Å². The summed E-state index contributed by atoms with van der Waals surface area (Å²) in [7, 11) is 0. The van der Waals surface area contributed by atoms with Gasteiger partial charge in [0.2, 0.25) is 0 Å². The molecule has 0 aromatic heterocycles. The highest BCUT2D eigenvalue weighted by Gasteiger charge is 2.45. The predicted octanol–water partition coefficient (Wildman–Crippen LogP) is 1.15. The van der Waals surface area contributed by atoms with Gasteiger partial charge in [0, 0.05) is 12.1 Å². The van der Waals surface area contributed by atoms with E-state index in [1.54, 1.807) is 0 Å². The van der Waals surface area contributed by atoms with Gasteiger partial charge in [-0.05, 0) is 39.4 Å². The van der Waals surface area contributed by atoms with Gasteiger partial charge in [-0.1, -0.05) is 6.92 Å². The smallest absolute Gasteiger partial charge is 0.280 e. The summed E-state index contributed by atoms with van der Waals surface area (Å²) in [5.74, 6) is -1.02. The SMILES string of the molecule is CCCN1C(=O)C(=O)N(C(C)(C)C)C1=S. The van der Waals surface area contributed by atoms with E-state index in [9.17, 15) is 9.59 Å². The largest absolute Gasteiger partial charge is 0.319 e. The van der Waals surface area contributed by atoms with E-state index in [2.05, 4.69) is 0 Å². The van der Waals surface area contributed by atoms with Crippen LogP contribution in [0.5, 0.6) is 0 Å². The average molecular weight is 228 g/mol. The molecule has 1 heterocycles. The molecular formula is C10H16N2O2S. The molecule has 1 saturated heterocycles. The maximum Gasteiger partial charge on any atom is 0.319 e. The first-order valence-corrected chi connectivity index (χ1v) is 5.41. The molecule has 4 nitrogen and oxygen atoms in total. The van der Waals surface area contributed by atoms with Crippen molar-refractivity contribution in [1.82, 2.24) is 9.80 Å². The van der Waals surface area contributed by atoms with Crippen LogP contribution in [-0.4, -0.2) is 38.8 Å². The summed E-state index contributed by atoms with van der Waals surface area (Å²) >= 11 is 5.14. The normalized spacial score (nSPS) is 18.0. The molecular weight excluding hydrogens is 212 g/mol. The Balaban J connectivity index is 3.01. The monoisotopic (exact) mass is 228 g/mol. The molecule has 0 N–H and O–H groups in total. The van der Waals surface area contributed by atoms with Crippen LogP contribution >= 0.6 is 12.2 Å². The van der Waals surface area contributed by atoms with Crippen LogP contribution < -0.4 is 0 Å². The van der Waals surface area contributed by atoms with Crippen LogP contribution in [0.3, 0.4) is 0 Å². The molecule has 0 radical (unpaired) electrons. The minimum atomic E-state index is -0.513. The molecule has 1 fully saturated rings. The predicted molar refractivity (Wildman–Crippen MR) is 61.2 cm³/mol. The van der Waals surface area contributed by atoms with Crippen molar-refractivity contribution in [3.8, 4) is 0 Å². The van der Waals surface area contributed by atoms with Gasteiger partial charge in [-0.25, -0.2) is 0 Å². The molecule has 0 aliphatic carbocycles. The lowest BCUT2D eigenvalue weighted by molar-refractivity contribution is -0.144. The molecule has 2 amide bonds. The molecule has 0 aromatic carbocycles. The molecule has 0 atom stereocenters. The van der Waals surface area contributed by atoms with E-state index in [-0.39, 0.29) is 0 Å². The zero-order valence-electron chi connectivity index (χ0n) is 9.53. The fourth-order valence-electron chi connectivity index (χ4n) is 1.52. The van der Waals surface area contributed by atoms with Crippen molar-refractivity contribution in [2.75, 3.05) is 6.54 Å². The number of hydrogen-bond donors (Lipinski definition) is 0. The number of rotatable bonds is 2. The van der Waals surface area contributed by atoms with Gasteiger partial charge in [0.05, 0.1) is 0 Å². The van der Waals surface area contributed by atoms with E-state index in [0.29, 0.717) is 11.7 Å². The minimum absolute atomic E-state index is 0.333. The third-order valence-electron chi connectivity index (χ3n) is 2.17. The van der Waals surface area contributed by atoms with Gasteiger partial charge in [0.15, 0.2) is 5.11 Å². The zero-order valence-corrected chi connectivity index (χ0v) is 10.3. The number of hydrogen-bond acceptors (Lipinski definition) is 3. The quantitative estimate of drug-likeness (QED) is 0.526. The van der Waals surface area contributed by atoms with E-state index in [1.807, 2.05) is 27.7 Å². The maximum absolute atomic E-state index is 11.7. The third kappa shape index (κ3) is 2.02. The highest BCUT2D eigenvalue weighted by atomic mass is 32.1. The van der Waals surface area contributed by atoms with Gasteiger partial charge < -0.3 is 0 Å².